The second-order valence-electron chi connectivity index (χ2n) is 5.79. The van der Waals surface area contributed by atoms with Crippen LogP contribution < -0.4 is 14.4 Å². The van der Waals surface area contributed by atoms with Gasteiger partial charge in [0, 0.05) is 5.02 Å². The molecule has 0 aromatic heterocycles. The Morgan fingerprint density at radius 1 is 1.19 bits per heavy atom. The Hall–Kier alpha value is -2.44. The SMILES string of the molecule is CCCOc1ccc(C=C2SC(=N)N(c3ccc(Cl)cc3)C2=O)cc1OC. The van der Waals surface area contributed by atoms with Crippen molar-refractivity contribution in [3.05, 3.63) is 58.0 Å². The van der Waals surface area contributed by atoms with Crippen molar-refractivity contribution in [3.8, 4) is 11.5 Å². The number of amidine groups is 1. The van der Waals surface area contributed by atoms with E-state index in [0.29, 0.717) is 33.7 Å². The zero-order valence-electron chi connectivity index (χ0n) is 15.0. The number of benzene rings is 2. The van der Waals surface area contributed by atoms with E-state index < -0.39 is 0 Å². The van der Waals surface area contributed by atoms with Crippen LogP contribution in [0, 0.1) is 5.41 Å². The van der Waals surface area contributed by atoms with Gasteiger partial charge in [0.05, 0.1) is 24.3 Å². The van der Waals surface area contributed by atoms with E-state index in [1.807, 2.05) is 25.1 Å². The molecule has 0 atom stereocenters. The maximum atomic E-state index is 12.8. The lowest BCUT2D eigenvalue weighted by molar-refractivity contribution is -0.113. The molecule has 1 fully saturated rings. The summed E-state index contributed by atoms with van der Waals surface area (Å²) >= 11 is 7.03. The van der Waals surface area contributed by atoms with Crippen LogP contribution in [0.2, 0.25) is 5.02 Å². The molecule has 0 radical (unpaired) electrons. The predicted molar refractivity (Wildman–Crippen MR) is 111 cm³/mol. The molecule has 5 nitrogen and oxygen atoms in total. The average Bonchev–Trinajstić information content (AvgIpc) is 2.94. The van der Waals surface area contributed by atoms with Crippen molar-refractivity contribution in [3.63, 3.8) is 0 Å². The van der Waals surface area contributed by atoms with E-state index in [1.165, 1.54) is 4.90 Å². The summed E-state index contributed by atoms with van der Waals surface area (Å²) in [7, 11) is 1.58. The molecule has 3 rings (SSSR count). The van der Waals surface area contributed by atoms with Crippen molar-refractivity contribution in [2.75, 3.05) is 18.6 Å². The molecule has 1 aliphatic rings. The lowest BCUT2D eigenvalue weighted by atomic mass is 10.2. The third kappa shape index (κ3) is 4.28. The van der Waals surface area contributed by atoms with Crippen LogP contribution >= 0.6 is 23.4 Å². The van der Waals surface area contributed by atoms with Crippen LogP contribution in [-0.4, -0.2) is 24.8 Å². The Morgan fingerprint density at radius 3 is 2.59 bits per heavy atom. The molecule has 0 unspecified atom stereocenters. The summed E-state index contributed by atoms with van der Waals surface area (Å²) in [5, 5.41) is 8.90. The van der Waals surface area contributed by atoms with Crippen molar-refractivity contribution < 1.29 is 14.3 Å². The fraction of sp³-hybridized carbons (Fsp3) is 0.200. The molecule has 0 bridgehead atoms. The van der Waals surface area contributed by atoms with Crippen LogP contribution in [0.15, 0.2) is 47.4 Å². The predicted octanol–water partition coefficient (Wildman–Crippen LogP) is 5.19. The lowest BCUT2D eigenvalue weighted by Gasteiger charge is -2.14. The minimum absolute atomic E-state index is 0.156. The van der Waals surface area contributed by atoms with Crippen molar-refractivity contribution >= 4 is 46.2 Å². The van der Waals surface area contributed by atoms with Gasteiger partial charge in [-0.1, -0.05) is 24.6 Å². The van der Waals surface area contributed by atoms with Gasteiger partial charge in [-0.15, -0.1) is 0 Å². The summed E-state index contributed by atoms with van der Waals surface area (Å²) < 4.78 is 11.0. The first-order valence-electron chi connectivity index (χ1n) is 8.42. The lowest BCUT2D eigenvalue weighted by Crippen LogP contribution is -2.27. The van der Waals surface area contributed by atoms with E-state index in [9.17, 15) is 4.79 Å². The Labute approximate surface area is 167 Å². The van der Waals surface area contributed by atoms with Gasteiger partial charge >= 0.3 is 0 Å². The van der Waals surface area contributed by atoms with E-state index in [2.05, 4.69) is 0 Å². The first-order chi connectivity index (χ1) is 13.0. The highest BCUT2D eigenvalue weighted by Crippen LogP contribution is 2.36. The Kier molecular flexibility index (Phi) is 6.08. The van der Waals surface area contributed by atoms with Crippen LogP contribution in [0.1, 0.15) is 18.9 Å². The van der Waals surface area contributed by atoms with Gasteiger partial charge in [-0.25, -0.2) is 0 Å². The minimum atomic E-state index is -0.238. The summed E-state index contributed by atoms with van der Waals surface area (Å²) in [6, 6.07) is 12.4. The van der Waals surface area contributed by atoms with Gasteiger partial charge in [-0.3, -0.25) is 15.1 Å². The molecule has 0 saturated carbocycles. The number of nitrogens with one attached hydrogen (secondary N) is 1. The summed E-state index contributed by atoms with van der Waals surface area (Å²) in [5.74, 6) is 1.04. The molecule has 1 heterocycles. The largest absolute Gasteiger partial charge is 0.493 e. The number of ether oxygens (including phenoxy) is 2. The topological polar surface area (TPSA) is 62.6 Å². The summed E-state index contributed by atoms with van der Waals surface area (Å²) in [5.41, 5.74) is 1.42. The normalized spacial score (nSPS) is 15.5. The molecular weight excluding hydrogens is 384 g/mol. The van der Waals surface area contributed by atoms with Gasteiger partial charge in [0.25, 0.3) is 5.91 Å². The summed E-state index contributed by atoms with van der Waals surface area (Å²) in [6.45, 7) is 2.65. The average molecular weight is 403 g/mol. The zero-order chi connectivity index (χ0) is 19.4. The monoisotopic (exact) mass is 402 g/mol. The number of methoxy groups -OCH3 is 1. The molecule has 1 amide bonds. The van der Waals surface area contributed by atoms with Crippen LogP contribution in [-0.2, 0) is 4.79 Å². The Bertz CT molecular complexity index is 897. The van der Waals surface area contributed by atoms with Crippen molar-refractivity contribution in [2.24, 2.45) is 0 Å². The van der Waals surface area contributed by atoms with E-state index in [-0.39, 0.29) is 11.1 Å². The van der Waals surface area contributed by atoms with Gasteiger partial charge in [0.1, 0.15) is 0 Å². The smallest absolute Gasteiger partial charge is 0.271 e. The molecule has 0 spiro atoms. The molecule has 1 saturated heterocycles. The third-order valence-electron chi connectivity index (χ3n) is 3.86. The molecule has 1 aliphatic heterocycles. The van der Waals surface area contributed by atoms with Gasteiger partial charge in [-0.05, 0) is 66.2 Å². The number of amides is 1. The number of thioether (sulfide) groups is 1. The van der Waals surface area contributed by atoms with Gasteiger partial charge in [-0.2, -0.15) is 0 Å². The highest BCUT2D eigenvalue weighted by atomic mass is 35.5. The van der Waals surface area contributed by atoms with Gasteiger partial charge < -0.3 is 9.47 Å². The molecular formula is C20H19ClN2O3S. The highest BCUT2D eigenvalue weighted by Gasteiger charge is 2.33. The first-order valence-corrected chi connectivity index (χ1v) is 9.62. The quantitative estimate of drug-likeness (QED) is 0.675. The summed E-state index contributed by atoms with van der Waals surface area (Å²) in [6.07, 6.45) is 2.66. The van der Waals surface area contributed by atoms with Crippen molar-refractivity contribution in [1.29, 1.82) is 5.41 Å². The van der Waals surface area contributed by atoms with E-state index in [1.54, 1.807) is 37.5 Å². The molecule has 1 N–H and O–H groups in total. The highest BCUT2D eigenvalue weighted by molar-refractivity contribution is 8.19. The van der Waals surface area contributed by atoms with Crippen molar-refractivity contribution in [1.82, 2.24) is 0 Å². The number of carbonyl (C=O) groups is 1. The second-order valence-corrected chi connectivity index (χ2v) is 7.26. The van der Waals surface area contributed by atoms with E-state index in [4.69, 9.17) is 26.5 Å². The Balaban J connectivity index is 1.86. The standard InChI is InChI=1S/C20H19ClN2O3S/c1-3-10-26-16-9-4-13(11-17(16)25-2)12-18-19(24)23(20(22)27-18)15-7-5-14(21)6-8-15/h4-9,11-12,22H,3,10H2,1-2H3. The van der Waals surface area contributed by atoms with Gasteiger partial charge in [0.2, 0.25) is 0 Å². The molecule has 2 aromatic carbocycles. The molecule has 27 heavy (non-hydrogen) atoms. The Morgan fingerprint density at radius 2 is 1.93 bits per heavy atom. The number of rotatable bonds is 6. The van der Waals surface area contributed by atoms with E-state index in [0.717, 1.165) is 23.7 Å². The van der Waals surface area contributed by atoms with Crippen LogP contribution in [0.5, 0.6) is 11.5 Å². The number of carbonyl (C=O) groups excluding carboxylic acids is 1. The van der Waals surface area contributed by atoms with Gasteiger partial charge in [0.15, 0.2) is 16.7 Å². The second kappa shape index (κ2) is 8.50. The molecule has 0 aliphatic carbocycles. The minimum Gasteiger partial charge on any atom is -0.493 e. The summed E-state index contributed by atoms with van der Waals surface area (Å²) in [4.78, 5) is 14.6. The number of anilines is 1. The zero-order valence-corrected chi connectivity index (χ0v) is 16.6. The maximum Gasteiger partial charge on any atom is 0.271 e. The van der Waals surface area contributed by atoms with Crippen LogP contribution in [0.25, 0.3) is 6.08 Å². The molecule has 7 heteroatoms. The molecule has 140 valence electrons. The third-order valence-corrected chi connectivity index (χ3v) is 5.00. The maximum absolute atomic E-state index is 12.8. The van der Waals surface area contributed by atoms with E-state index >= 15 is 0 Å². The molecule has 2 aromatic rings. The fourth-order valence-electron chi connectivity index (χ4n) is 2.57. The first kappa shape index (κ1) is 19.3. The van der Waals surface area contributed by atoms with Crippen molar-refractivity contribution in [2.45, 2.75) is 13.3 Å². The fourth-order valence-corrected chi connectivity index (χ4v) is 3.56. The van der Waals surface area contributed by atoms with Crippen LogP contribution in [0.3, 0.4) is 0 Å². The number of nitrogens with zero attached hydrogens (tertiary/aromatic N) is 1. The number of hydrogen-bond acceptors (Lipinski definition) is 5. The van der Waals surface area contributed by atoms with Crippen LogP contribution in [0.4, 0.5) is 5.69 Å². The number of halogens is 1. The number of hydrogen-bond donors (Lipinski definition) is 1.